The number of rotatable bonds is 2. The molecule has 1 saturated carbocycles. The van der Waals surface area contributed by atoms with Gasteiger partial charge in [0.05, 0.1) is 13.0 Å². The van der Waals surface area contributed by atoms with Gasteiger partial charge in [-0.25, -0.2) is 0 Å². The van der Waals surface area contributed by atoms with E-state index in [9.17, 15) is 4.79 Å². The molecule has 0 aromatic heterocycles. The van der Waals surface area contributed by atoms with Gasteiger partial charge in [0.1, 0.15) is 0 Å². The first-order chi connectivity index (χ1) is 7.72. The Hall–Kier alpha value is -0.570. The fourth-order valence-corrected chi connectivity index (χ4v) is 3.34. The third-order valence-electron chi connectivity index (χ3n) is 4.27. The molecule has 0 N–H and O–H groups in total. The lowest BCUT2D eigenvalue weighted by molar-refractivity contribution is -0.147. The number of ether oxygens (including phenoxy) is 1. The highest BCUT2D eigenvalue weighted by atomic mass is 16.5. The van der Waals surface area contributed by atoms with Gasteiger partial charge in [-0.3, -0.25) is 9.69 Å². The molecule has 92 valence electrons. The zero-order chi connectivity index (χ0) is 11.5. The lowest BCUT2D eigenvalue weighted by atomic mass is 9.94. The Kier molecular flexibility index (Phi) is 3.85. The van der Waals surface area contributed by atoms with Crippen molar-refractivity contribution < 1.29 is 9.53 Å². The van der Waals surface area contributed by atoms with Crippen molar-refractivity contribution in [2.24, 2.45) is 11.8 Å². The minimum Gasteiger partial charge on any atom is -0.469 e. The first kappa shape index (κ1) is 11.9. The van der Waals surface area contributed by atoms with Gasteiger partial charge < -0.3 is 4.74 Å². The topological polar surface area (TPSA) is 29.5 Å². The highest BCUT2D eigenvalue weighted by Crippen LogP contribution is 2.32. The fraction of sp³-hybridized carbons (Fsp3) is 0.923. The average molecular weight is 225 g/mol. The molecular weight excluding hydrogens is 202 g/mol. The van der Waals surface area contributed by atoms with Gasteiger partial charge in [0.2, 0.25) is 0 Å². The predicted octanol–water partition coefficient (Wildman–Crippen LogP) is 2.06. The van der Waals surface area contributed by atoms with E-state index in [4.69, 9.17) is 4.74 Å². The molecule has 3 heteroatoms. The van der Waals surface area contributed by atoms with E-state index in [0.717, 1.165) is 25.3 Å². The van der Waals surface area contributed by atoms with Crippen molar-refractivity contribution in [3.8, 4) is 0 Å². The number of nitrogens with zero attached hydrogens (tertiary/aromatic N) is 1. The molecule has 0 aromatic rings. The van der Waals surface area contributed by atoms with Crippen LogP contribution in [0.4, 0.5) is 0 Å². The Morgan fingerprint density at radius 3 is 2.69 bits per heavy atom. The van der Waals surface area contributed by atoms with Gasteiger partial charge in [-0.05, 0) is 38.1 Å². The molecule has 3 unspecified atom stereocenters. The van der Waals surface area contributed by atoms with E-state index < -0.39 is 0 Å². The molecule has 0 amide bonds. The van der Waals surface area contributed by atoms with E-state index in [0.29, 0.717) is 6.04 Å². The Balaban J connectivity index is 1.93. The van der Waals surface area contributed by atoms with Crippen molar-refractivity contribution in [3.05, 3.63) is 0 Å². The number of methoxy groups -OCH3 is 1. The maximum atomic E-state index is 11.6. The van der Waals surface area contributed by atoms with Gasteiger partial charge >= 0.3 is 5.97 Å². The van der Waals surface area contributed by atoms with Gasteiger partial charge in [0, 0.05) is 12.6 Å². The highest BCUT2D eigenvalue weighted by Gasteiger charge is 2.34. The lowest BCUT2D eigenvalue weighted by Crippen LogP contribution is -2.45. The number of esters is 1. The second-order valence-electron chi connectivity index (χ2n) is 5.33. The number of hydrogen-bond donors (Lipinski definition) is 0. The molecule has 0 bridgehead atoms. The molecule has 3 nitrogen and oxygen atoms in total. The summed E-state index contributed by atoms with van der Waals surface area (Å²) < 4.78 is 4.86. The summed E-state index contributed by atoms with van der Waals surface area (Å²) in [6, 6.07) is 0.715. The molecule has 2 rings (SSSR count). The van der Waals surface area contributed by atoms with Crippen LogP contribution in [0.15, 0.2) is 0 Å². The molecular formula is C13H23NO2. The molecule has 0 aromatic carbocycles. The number of hydrogen-bond acceptors (Lipinski definition) is 3. The highest BCUT2D eigenvalue weighted by molar-refractivity contribution is 5.72. The van der Waals surface area contributed by atoms with Crippen LogP contribution in [0, 0.1) is 11.8 Å². The van der Waals surface area contributed by atoms with Gasteiger partial charge in [-0.15, -0.1) is 0 Å². The van der Waals surface area contributed by atoms with E-state index in [-0.39, 0.29) is 11.9 Å². The third kappa shape index (κ3) is 2.40. The van der Waals surface area contributed by atoms with E-state index in [1.807, 2.05) is 0 Å². The van der Waals surface area contributed by atoms with Crippen LogP contribution in [0.2, 0.25) is 0 Å². The molecule has 1 aliphatic carbocycles. The van der Waals surface area contributed by atoms with Crippen molar-refractivity contribution >= 4 is 5.97 Å². The Bertz CT molecular complexity index is 254. The Labute approximate surface area is 98.1 Å². The van der Waals surface area contributed by atoms with Crippen LogP contribution in [0.3, 0.4) is 0 Å². The SMILES string of the molecule is COC(=O)C1CCCN(C2CCCC2C)C1. The molecule has 16 heavy (non-hydrogen) atoms. The molecule has 3 atom stereocenters. The number of likely N-dealkylation sites (tertiary alicyclic amines) is 1. The van der Waals surface area contributed by atoms with Crippen LogP contribution in [-0.4, -0.2) is 37.1 Å². The molecule has 0 spiro atoms. The molecule has 2 fully saturated rings. The summed E-state index contributed by atoms with van der Waals surface area (Å²) in [5, 5.41) is 0. The van der Waals surface area contributed by atoms with E-state index in [1.54, 1.807) is 0 Å². The number of carbonyl (C=O) groups is 1. The number of carbonyl (C=O) groups excluding carboxylic acids is 1. The second kappa shape index (κ2) is 5.17. The Morgan fingerprint density at radius 2 is 2.06 bits per heavy atom. The summed E-state index contributed by atoms with van der Waals surface area (Å²) >= 11 is 0. The first-order valence-electron chi connectivity index (χ1n) is 6.54. The smallest absolute Gasteiger partial charge is 0.309 e. The summed E-state index contributed by atoms with van der Waals surface area (Å²) in [6.45, 7) is 4.43. The summed E-state index contributed by atoms with van der Waals surface area (Å²) in [5.74, 6) is 0.901. The largest absolute Gasteiger partial charge is 0.469 e. The van der Waals surface area contributed by atoms with Crippen LogP contribution in [0.1, 0.15) is 39.0 Å². The van der Waals surface area contributed by atoms with Crippen LogP contribution in [0.5, 0.6) is 0 Å². The summed E-state index contributed by atoms with van der Waals surface area (Å²) in [5.41, 5.74) is 0. The van der Waals surface area contributed by atoms with Crippen LogP contribution in [-0.2, 0) is 9.53 Å². The zero-order valence-corrected chi connectivity index (χ0v) is 10.4. The molecule has 1 aliphatic heterocycles. The minimum absolute atomic E-state index is 0.0182. The van der Waals surface area contributed by atoms with Crippen molar-refractivity contribution in [1.29, 1.82) is 0 Å². The molecule has 1 heterocycles. The molecule has 1 saturated heterocycles. The maximum absolute atomic E-state index is 11.6. The maximum Gasteiger partial charge on any atom is 0.309 e. The molecule has 2 aliphatic rings. The fourth-order valence-electron chi connectivity index (χ4n) is 3.34. The second-order valence-corrected chi connectivity index (χ2v) is 5.33. The van der Waals surface area contributed by atoms with Crippen molar-refractivity contribution in [3.63, 3.8) is 0 Å². The van der Waals surface area contributed by atoms with Gasteiger partial charge in [0.25, 0.3) is 0 Å². The average Bonchev–Trinajstić information content (AvgIpc) is 2.74. The quantitative estimate of drug-likeness (QED) is 0.674. The van der Waals surface area contributed by atoms with Gasteiger partial charge in [-0.2, -0.15) is 0 Å². The predicted molar refractivity (Wildman–Crippen MR) is 63.1 cm³/mol. The van der Waals surface area contributed by atoms with Crippen LogP contribution in [0.25, 0.3) is 0 Å². The van der Waals surface area contributed by atoms with Crippen molar-refractivity contribution in [2.75, 3.05) is 20.2 Å². The monoisotopic (exact) mass is 225 g/mol. The van der Waals surface area contributed by atoms with Crippen LogP contribution < -0.4 is 0 Å². The van der Waals surface area contributed by atoms with Gasteiger partial charge in [-0.1, -0.05) is 13.3 Å². The van der Waals surface area contributed by atoms with Gasteiger partial charge in [0.15, 0.2) is 0 Å². The summed E-state index contributed by atoms with van der Waals surface area (Å²) in [7, 11) is 1.50. The minimum atomic E-state index is -0.0182. The summed E-state index contributed by atoms with van der Waals surface area (Å²) in [6.07, 6.45) is 6.16. The van der Waals surface area contributed by atoms with E-state index >= 15 is 0 Å². The first-order valence-corrected chi connectivity index (χ1v) is 6.54. The van der Waals surface area contributed by atoms with E-state index in [2.05, 4.69) is 11.8 Å². The lowest BCUT2D eigenvalue weighted by Gasteiger charge is -2.37. The summed E-state index contributed by atoms with van der Waals surface area (Å²) in [4.78, 5) is 14.1. The van der Waals surface area contributed by atoms with E-state index in [1.165, 1.54) is 32.9 Å². The normalized spacial score (nSPS) is 36.2. The van der Waals surface area contributed by atoms with Crippen molar-refractivity contribution in [1.82, 2.24) is 4.90 Å². The standard InChI is InChI=1S/C13H23NO2/c1-10-5-3-7-12(10)14-8-4-6-11(9-14)13(15)16-2/h10-12H,3-9H2,1-2H3. The molecule has 0 radical (unpaired) electrons. The Morgan fingerprint density at radius 1 is 1.25 bits per heavy atom. The van der Waals surface area contributed by atoms with Crippen molar-refractivity contribution in [2.45, 2.75) is 45.1 Å². The van der Waals surface area contributed by atoms with Crippen LogP contribution >= 0.6 is 0 Å². The number of piperidine rings is 1. The zero-order valence-electron chi connectivity index (χ0n) is 10.4. The third-order valence-corrected chi connectivity index (χ3v) is 4.27.